The molecule has 8 nitrogen and oxygen atoms in total. The molecule has 1 aromatic carbocycles. The van der Waals surface area contributed by atoms with E-state index in [0.29, 0.717) is 5.69 Å². The molecule has 0 aliphatic carbocycles. The number of phenolic OH excluding ortho intramolecular Hbond substituents is 1. The van der Waals surface area contributed by atoms with E-state index >= 15 is 0 Å². The minimum Gasteiger partial charge on any atom is -0.506 e. The first-order valence-corrected chi connectivity index (χ1v) is 5.68. The number of benzene rings is 1. The van der Waals surface area contributed by atoms with Gasteiger partial charge in [-0.3, -0.25) is 19.6 Å². The maximum atomic E-state index is 12.0. The standard InChI is InChI=1S/C12H12N4O4/c1-7-5-10(15(2)14-7)12(18)13-9-6-8(16(19)20)3-4-11(9)17/h3-6,17H,1-2H3,(H,13,18). The molecule has 0 spiro atoms. The van der Waals surface area contributed by atoms with Crippen LogP contribution in [0.2, 0.25) is 0 Å². The van der Waals surface area contributed by atoms with Gasteiger partial charge in [0.2, 0.25) is 0 Å². The Kier molecular flexibility index (Phi) is 3.38. The molecular weight excluding hydrogens is 264 g/mol. The first kappa shape index (κ1) is 13.5. The second-order valence-electron chi connectivity index (χ2n) is 4.21. The highest BCUT2D eigenvalue weighted by Crippen LogP contribution is 2.28. The zero-order valence-electron chi connectivity index (χ0n) is 10.8. The van der Waals surface area contributed by atoms with Gasteiger partial charge in [-0.15, -0.1) is 0 Å². The molecule has 20 heavy (non-hydrogen) atoms. The number of nitrogens with zero attached hydrogens (tertiary/aromatic N) is 3. The van der Waals surface area contributed by atoms with Crippen molar-refractivity contribution in [1.29, 1.82) is 0 Å². The summed E-state index contributed by atoms with van der Waals surface area (Å²) in [6, 6.07) is 4.97. The number of aromatic nitrogens is 2. The number of amides is 1. The summed E-state index contributed by atoms with van der Waals surface area (Å²) in [5.74, 6) is -0.758. The second-order valence-corrected chi connectivity index (χ2v) is 4.21. The van der Waals surface area contributed by atoms with E-state index in [-0.39, 0.29) is 22.8 Å². The molecule has 0 saturated heterocycles. The number of hydrogen-bond acceptors (Lipinski definition) is 5. The van der Waals surface area contributed by atoms with Crippen molar-refractivity contribution in [2.24, 2.45) is 7.05 Å². The highest BCUT2D eigenvalue weighted by molar-refractivity contribution is 6.04. The van der Waals surface area contributed by atoms with Gasteiger partial charge in [0.15, 0.2) is 0 Å². The summed E-state index contributed by atoms with van der Waals surface area (Å²) in [7, 11) is 1.61. The first-order valence-electron chi connectivity index (χ1n) is 5.68. The lowest BCUT2D eigenvalue weighted by atomic mass is 10.2. The minimum atomic E-state index is -0.608. The van der Waals surface area contributed by atoms with Crippen LogP contribution in [0.1, 0.15) is 16.2 Å². The summed E-state index contributed by atoms with van der Waals surface area (Å²) in [5, 5.41) is 26.8. The Morgan fingerprint density at radius 1 is 1.45 bits per heavy atom. The van der Waals surface area contributed by atoms with Crippen LogP contribution < -0.4 is 5.32 Å². The predicted molar refractivity (Wildman–Crippen MR) is 70.7 cm³/mol. The number of nitro groups is 1. The predicted octanol–water partition coefficient (Wildman–Crippen LogP) is 1.59. The van der Waals surface area contributed by atoms with Gasteiger partial charge in [-0.2, -0.15) is 5.10 Å². The number of aryl methyl sites for hydroxylation is 2. The Morgan fingerprint density at radius 3 is 2.70 bits per heavy atom. The molecule has 104 valence electrons. The minimum absolute atomic E-state index is 0.0250. The lowest BCUT2D eigenvalue weighted by molar-refractivity contribution is -0.384. The third-order valence-electron chi connectivity index (χ3n) is 2.67. The quantitative estimate of drug-likeness (QED) is 0.502. The first-order chi connectivity index (χ1) is 9.38. The normalized spacial score (nSPS) is 10.3. The van der Waals surface area contributed by atoms with E-state index in [4.69, 9.17) is 0 Å². The zero-order valence-corrected chi connectivity index (χ0v) is 10.8. The van der Waals surface area contributed by atoms with Crippen molar-refractivity contribution in [1.82, 2.24) is 9.78 Å². The lowest BCUT2D eigenvalue weighted by Gasteiger charge is -2.07. The molecule has 0 aliphatic heterocycles. The molecule has 0 saturated carbocycles. The van der Waals surface area contributed by atoms with E-state index in [0.717, 1.165) is 18.2 Å². The van der Waals surface area contributed by atoms with E-state index in [1.54, 1.807) is 20.0 Å². The van der Waals surface area contributed by atoms with Crippen molar-refractivity contribution in [3.8, 4) is 5.75 Å². The number of carbonyl (C=O) groups excluding carboxylic acids is 1. The van der Waals surface area contributed by atoms with Crippen LogP contribution in [-0.2, 0) is 7.05 Å². The third-order valence-corrected chi connectivity index (χ3v) is 2.67. The number of non-ortho nitro benzene ring substituents is 1. The topological polar surface area (TPSA) is 110 Å². The number of anilines is 1. The zero-order chi connectivity index (χ0) is 14.9. The Balaban J connectivity index is 2.30. The van der Waals surface area contributed by atoms with E-state index in [2.05, 4.69) is 10.4 Å². The number of phenols is 1. The number of aromatic hydroxyl groups is 1. The molecule has 0 fully saturated rings. The summed E-state index contributed by atoms with van der Waals surface area (Å²) in [6.45, 7) is 1.74. The van der Waals surface area contributed by atoms with E-state index in [1.807, 2.05) is 0 Å². The van der Waals surface area contributed by atoms with Crippen molar-refractivity contribution in [3.63, 3.8) is 0 Å². The summed E-state index contributed by atoms with van der Waals surface area (Å²) in [6.07, 6.45) is 0. The summed E-state index contributed by atoms with van der Waals surface area (Å²) in [4.78, 5) is 22.1. The molecule has 0 radical (unpaired) electrons. The summed E-state index contributed by atoms with van der Waals surface area (Å²) in [5.41, 5.74) is 0.705. The van der Waals surface area contributed by atoms with E-state index in [9.17, 15) is 20.0 Å². The molecular formula is C12H12N4O4. The van der Waals surface area contributed by atoms with Gasteiger partial charge in [0.25, 0.3) is 11.6 Å². The van der Waals surface area contributed by atoms with Crippen LogP contribution in [0.5, 0.6) is 5.75 Å². The molecule has 1 amide bonds. The van der Waals surface area contributed by atoms with E-state index in [1.165, 1.54) is 4.68 Å². The van der Waals surface area contributed by atoms with Gasteiger partial charge >= 0.3 is 0 Å². The average molecular weight is 276 g/mol. The largest absolute Gasteiger partial charge is 0.506 e. The smallest absolute Gasteiger partial charge is 0.274 e. The van der Waals surface area contributed by atoms with Crippen molar-refractivity contribution >= 4 is 17.3 Å². The molecule has 2 aromatic rings. The molecule has 8 heteroatoms. The van der Waals surface area contributed by atoms with E-state index < -0.39 is 10.8 Å². The number of nitro benzene ring substituents is 1. The maximum Gasteiger partial charge on any atom is 0.274 e. The molecule has 1 aromatic heterocycles. The lowest BCUT2D eigenvalue weighted by Crippen LogP contribution is -2.16. The Bertz CT molecular complexity index is 693. The number of rotatable bonds is 3. The van der Waals surface area contributed by atoms with Gasteiger partial charge < -0.3 is 10.4 Å². The second kappa shape index (κ2) is 5.00. The molecule has 0 aliphatic rings. The summed E-state index contributed by atoms with van der Waals surface area (Å²) >= 11 is 0. The molecule has 2 rings (SSSR count). The van der Waals surface area contributed by atoms with Crippen LogP contribution >= 0.6 is 0 Å². The fraction of sp³-hybridized carbons (Fsp3) is 0.167. The maximum absolute atomic E-state index is 12.0. The number of carbonyl (C=O) groups is 1. The van der Waals surface area contributed by atoms with Crippen LogP contribution in [0.3, 0.4) is 0 Å². The van der Waals surface area contributed by atoms with Gasteiger partial charge in [-0.25, -0.2) is 0 Å². The number of hydrogen-bond donors (Lipinski definition) is 2. The Morgan fingerprint density at radius 2 is 2.15 bits per heavy atom. The fourth-order valence-electron chi connectivity index (χ4n) is 1.75. The van der Waals surface area contributed by atoms with Crippen LogP contribution in [-0.4, -0.2) is 25.7 Å². The van der Waals surface area contributed by atoms with Crippen LogP contribution in [0.4, 0.5) is 11.4 Å². The van der Waals surface area contributed by atoms with Crippen molar-refractivity contribution < 1.29 is 14.8 Å². The van der Waals surface area contributed by atoms with Crippen LogP contribution in [0.25, 0.3) is 0 Å². The average Bonchev–Trinajstić information content (AvgIpc) is 2.71. The highest BCUT2D eigenvalue weighted by atomic mass is 16.6. The monoisotopic (exact) mass is 276 g/mol. The van der Waals surface area contributed by atoms with Gasteiger partial charge in [-0.05, 0) is 19.1 Å². The van der Waals surface area contributed by atoms with Crippen LogP contribution in [0.15, 0.2) is 24.3 Å². The Hall–Kier alpha value is -2.90. The molecule has 0 unspecified atom stereocenters. The van der Waals surface area contributed by atoms with Crippen molar-refractivity contribution in [2.45, 2.75) is 6.92 Å². The molecule has 0 bridgehead atoms. The summed E-state index contributed by atoms with van der Waals surface area (Å²) < 4.78 is 1.39. The highest BCUT2D eigenvalue weighted by Gasteiger charge is 2.16. The molecule has 2 N–H and O–H groups in total. The van der Waals surface area contributed by atoms with Gasteiger partial charge in [-0.1, -0.05) is 0 Å². The van der Waals surface area contributed by atoms with Crippen molar-refractivity contribution in [3.05, 3.63) is 45.8 Å². The van der Waals surface area contributed by atoms with Gasteiger partial charge in [0, 0.05) is 19.2 Å². The van der Waals surface area contributed by atoms with Gasteiger partial charge in [0.05, 0.1) is 16.3 Å². The fourth-order valence-corrected chi connectivity index (χ4v) is 1.75. The van der Waals surface area contributed by atoms with Gasteiger partial charge in [0.1, 0.15) is 11.4 Å². The molecule has 0 atom stereocenters. The third kappa shape index (κ3) is 2.58. The van der Waals surface area contributed by atoms with Crippen LogP contribution in [0, 0.1) is 17.0 Å². The molecule has 1 heterocycles. The van der Waals surface area contributed by atoms with Crippen molar-refractivity contribution in [2.75, 3.05) is 5.32 Å². The SMILES string of the molecule is Cc1cc(C(=O)Nc2cc([N+](=O)[O-])ccc2O)n(C)n1. The number of nitrogens with one attached hydrogen (secondary N) is 1. The Labute approximate surface area is 113 Å².